The van der Waals surface area contributed by atoms with Crippen molar-refractivity contribution in [1.29, 1.82) is 0 Å². The third-order valence-corrected chi connectivity index (χ3v) is 6.35. The average Bonchev–Trinajstić information content (AvgIpc) is 3.09. The molecule has 1 atom stereocenters. The maximum Gasteiger partial charge on any atom is 0.222 e. The molecule has 4 heterocycles. The van der Waals surface area contributed by atoms with Gasteiger partial charge in [0.2, 0.25) is 5.91 Å². The second kappa shape index (κ2) is 8.97. The number of carbonyl (C=O) groups excluding carboxylic acids is 1. The molecule has 1 aliphatic heterocycles. The summed E-state index contributed by atoms with van der Waals surface area (Å²) in [5.41, 5.74) is 4.05. The number of aromatic nitrogens is 3. The third-order valence-electron chi connectivity index (χ3n) is 6.35. The number of methoxy groups -OCH3 is 1. The summed E-state index contributed by atoms with van der Waals surface area (Å²) in [6, 6.07) is 5.94. The molecule has 8 heteroatoms. The average molecular weight is 439 g/mol. The second-order valence-electron chi connectivity index (χ2n) is 8.54. The predicted octanol–water partition coefficient (Wildman–Crippen LogP) is 3.17. The first-order valence-corrected chi connectivity index (χ1v) is 10.8. The van der Waals surface area contributed by atoms with Crippen molar-refractivity contribution in [3.8, 4) is 11.3 Å². The highest BCUT2D eigenvalue weighted by Crippen LogP contribution is 2.39. The Morgan fingerprint density at radius 2 is 2.09 bits per heavy atom. The van der Waals surface area contributed by atoms with Crippen molar-refractivity contribution in [3.63, 3.8) is 0 Å². The second-order valence-corrected chi connectivity index (χ2v) is 8.54. The molecule has 0 bridgehead atoms. The minimum Gasteiger partial charge on any atom is -0.392 e. The van der Waals surface area contributed by atoms with Gasteiger partial charge in [0, 0.05) is 56.9 Å². The molecule has 8 nitrogen and oxygen atoms in total. The molecule has 3 aromatic rings. The third kappa shape index (κ3) is 4.13. The van der Waals surface area contributed by atoms with Crippen LogP contribution in [0.5, 0.6) is 0 Å². The van der Waals surface area contributed by atoms with Crippen LogP contribution in [0.3, 0.4) is 0 Å². The first-order chi connectivity index (χ1) is 15.3. The molecule has 1 amide bonds. The highest BCUT2D eigenvalue weighted by atomic mass is 16.5. The fourth-order valence-corrected chi connectivity index (χ4v) is 4.58. The fourth-order valence-electron chi connectivity index (χ4n) is 4.58. The SMILES string of the molecule is COCc1cc(-c2cn(C)c3cnc(NC(C)=O)cc23)nc(C2(C(C)O)CCOCC2)c1. The molecule has 0 aromatic carbocycles. The molecule has 1 fully saturated rings. The van der Waals surface area contributed by atoms with Gasteiger partial charge in [0.15, 0.2) is 0 Å². The number of rotatable bonds is 6. The van der Waals surface area contributed by atoms with E-state index >= 15 is 0 Å². The van der Waals surface area contributed by atoms with E-state index in [2.05, 4.69) is 10.3 Å². The molecule has 1 aliphatic rings. The van der Waals surface area contributed by atoms with Crippen molar-refractivity contribution in [2.24, 2.45) is 7.05 Å². The number of aliphatic hydroxyl groups is 1. The van der Waals surface area contributed by atoms with Gasteiger partial charge >= 0.3 is 0 Å². The van der Waals surface area contributed by atoms with Crippen molar-refractivity contribution < 1.29 is 19.4 Å². The number of nitrogens with zero attached hydrogens (tertiary/aromatic N) is 3. The normalized spacial score (nSPS) is 16.8. The summed E-state index contributed by atoms with van der Waals surface area (Å²) < 4.78 is 13.0. The van der Waals surface area contributed by atoms with E-state index in [0.29, 0.717) is 38.5 Å². The fraction of sp³-hybridized carbons (Fsp3) is 0.458. The highest BCUT2D eigenvalue weighted by Gasteiger charge is 2.40. The number of ether oxygens (including phenoxy) is 2. The van der Waals surface area contributed by atoms with Gasteiger partial charge in [-0.15, -0.1) is 0 Å². The summed E-state index contributed by atoms with van der Waals surface area (Å²) in [6.45, 7) is 4.92. The molecule has 2 N–H and O–H groups in total. The van der Waals surface area contributed by atoms with Crippen LogP contribution in [-0.4, -0.2) is 52.0 Å². The molecule has 0 saturated carbocycles. The molecule has 3 aromatic heterocycles. The van der Waals surface area contributed by atoms with Crippen LogP contribution >= 0.6 is 0 Å². The number of anilines is 1. The van der Waals surface area contributed by atoms with Crippen molar-refractivity contribution in [2.75, 3.05) is 25.6 Å². The van der Waals surface area contributed by atoms with Crippen molar-refractivity contribution >= 4 is 22.6 Å². The van der Waals surface area contributed by atoms with E-state index in [1.54, 1.807) is 13.3 Å². The molecule has 1 unspecified atom stereocenters. The van der Waals surface area contributed by atoms with Crippen molar-refractivity contribution in [2.45, 2.75) is 44.8 Å². The zero-order valence-electron chi connectivity index (χ0n) is 19.0. The van der Waals surface area contributed by atoms with Gasteiger partial charge in [-0.3, -0.25) is 9.78 Å². The number of aryl methyl sites for hydroxylation is 1. The van der Waals surface area contributed by atoms with Gasteiger partial charge in [-0.05, 0) is 43.5 Å². The Morgan fingerprint density at radius 3 is 2.75 bits per heavy atom. The van der Waals surface area contributed by atoms with Gasteiger partial charge in [-0.1, -0.05) is 0 Å². The maximum absolute atomic E-state index is 11.5. The summed E-state index contributed by atoms with van der Waals surface area (Å²) in [5.74, 6) is 0.325. The minimum absolute atomic E-state index is 0.171. The van der Waals surface area contributed by atoms with Gasteiger partial charge in [-0.25, -0.2) is 4.98 Å². The largest absolute Gasteiger partial charge is 0.392 e. The Morgan fingerprint density at radius 1 is 1.34 bits per heavy atom. The van der Waals surface area contributed by atoms with E-state index in [1.807, 2.05) is 42.9 Å². The lowest BCUT2D eigenvalue weighted by atomic mass is 9.72. The Bertz CT molecular complexity index is 1130. The Kier molecular flexibility index (Phi) is 6.28. The molecule has 170 valence electrons. The maximum atomic E-state index is 11.5. The quantitative estimate of drug-likeness (QED) is 0.613. The van der Waals surface area contributed by atoms with Crippen LogP contribution < -0.4 is 5.32 Å². The van der Waals surface area contributed by atoms with Crippen LogP contribution in [0, 0.1) is 0 Å². The van der Waals surface area contributed by atoms with Gasteiger partial charge < -0.3 is 24.5 Å². The van der Waals surface area contributed by atoms with Crippen molar-refractivity contribution in [3.05, 3.63) is 41.9 Å². The molecular formula is C24H30N4O4. The van der Waals surface area contributed by atoms with Crippen LogP contribution in [0.25, 0.3) is 22.2 Å². The molecule has 1 saturated heterocycles. The van der Waals surface area contributed by atoms with Crippen LogP contribution in [0.4, 0.5) is 5.82 Å². The number of carbonyl (C=O) groups is 1. The number of amides is 1. The number of nitrogens with one attached hydrogen (secondary N) is 1. The van der Waals surface area contributed by atoms with E-state index < -0.39 is 11.5 Å². The van der Waals surface area contributed by atoms with Crippen LogP contribution in [0.1, 0.15) is 37.9 Å². The van der Waals surface area contributed by atoms with Gasteiger partial charge in [-0.2, -0.15) is 0 Å². The van der Waals surface area contributed by atoms with Crippen LogP contribution in [-0.2, 0) is 33.3 Å². The number of hydrogen-bond donors (Lipinski definition) is 2. The summed E-state index contributed by atoms with van der Waals surface area (Å²) in [5, 5.41) is 14.5. The van der Waals surface area contributed by atoms with E-state index in [9.17, 15) is 9.90 Å². The lowest BCUT2D eigenvalue weighted by molar-refractivity contribution is -0.114. The molecule has 4 rings (SSSR count). The Hall–Kier alpha value is -2.81. The summed E-state index contributed by atoms with van der Waals surface area (Å²) in [6.07, 6.45) is 4.62. The summed E-state index contributed by atoms with van der Waals surface area (Å²) in [7, 11) is 3.63. The summed E-state index contributed by atoms with van der Waals surface area (Å²) >= 11 is 0. The van der Waals surface area contributed by atoms with E-state index in [1.165, 1.54) is 6.92 Å². The van der Waals surface area contributed by atoms with E-state index in [0.717, 1.165) is 33.4 Å². The number of fused-ring (bicyclic) bond motifs is 1. The number of aliphatic hydroxyl groups excluding tert-OH is 1. The lowest BCUT2D eigenvalue weighted by Crippen LogP contribution is -2.43. The monoisotopic (exact) mass is 438 g/mol. The first-order valence-electron chi connectivity index (χ1n) is 10.8. The minimum atomic E-state index is -0.562. The molecule has 0 aliphatic carbocycles. The van der Waals surface area contributed by atoms with Gasteiger partial charge in [0.25, 0.3) is 0 Å². The molecule has 32 heavy (non-hydrogen) atoms. The van der Waals surface area contributed by atoms with E-state index in [4.69, 9.17) is 14.5 Å². The Labute approximate surface area is 187 Å². The number of pyridine rings is 2. The predicted molar refractivity (Wildman–Crippen MR) is 122 cm³/mol. The molecule has 0 spiro atoms. The zero-order chi connectivity index (χ0) is 22.9. The van der Waals surface area contributed by atoms with Crippen LogP contribution in [0.15, 0.2) is 30.6 Å². The highest BCUT2D eigenvalue weighted by molar-refractivity contribution is 5.98. The van der Waals surface area contributed by atoms with E-state index in [-0.39, 0.29) is 5.91 Å². The Balaban J connectivity index is 1.90. The zero-order valence-corrected chi connectivity index (χ0v) is 19.0. The smallest absolute Gasteiger partial charge is 0.222 e. The van der Waals surface area contributed by atoms with Gasteiger partial charge in [0.05, 0.1) is 35.8 Å². The number of hydrogen-bond acceptors (Lipinski definition) is 6. The molecule has 0 radical (unpaired) electrons. The summed E-state index contributed by atoms with van der Waals surface area (Å²) in [4.78, 5) is 20.9. The van der Waals surface area contributed by atoms with Crippen molar-refractivity contribution in [1.82, 2.24) is 14.5 Å². The lowest BCUT2D eigenvalue weighted by Gasteiger charge is -2.39. The topological polar surface area (TPSA) is 98.5 Å². The molecular weight excluding hydrogens is 408 g/mol. The van der Waals surface area contributed by atoms with Crippen LogP contribution in [0.2, 0.25) is 0 Å². The van der Waals surface area contributed by atoms with Gasteiger partial charge in [0.1, 0.15) is 5.82 Å². The standard InChI is InChI=1S/C24H30N4O4/c1-15(29)24(5-7-32-8-6-24)22-10-17(14-31-4)9-20(27-22)19-13-28(3)21-12-25-23(11-18(19)21)26-16(2)30/h9-13,15,29H,5-8,14H2,1-4H3,(H,25,26,30). The first kappa shape index (κ1) is 22.4.